The van der Waals surface area contributed by atoms with Crippen molar-refractivity contribution in [2.24, 2.45) is 0 Å². The number of benzene rings is 3. The average molecular weight is 462 g/mol. The van der Waals surface area contributed by atoms with Crippen LogP contribution in [0.2, 0.25) is 0 Å². The zero-order chi connectivity index (χ0) is 24.2. The Morgan fingerprint density at radius 3 is 1.88 bits per heavy atom. The first kappa shape index (κ1) is 22.2. The van der Waals surface area contributed by atoms with Gasteiger partial charge in [-0.05, 0) is 18.2 Å². The molecule has 0 atom stereocenters. The molecule has 12 nitrogen and oxygen atoms in total. The van der Waals surface area contributed by atoms with Gasteiger partial charge in [0.25, 0.3) is 11.4 Å². The predicted molar refractivity (Wildman–Crippen MR) is 125 cm³/mol. The Kier molecular flexibility index (Phi) is 6.03. The first-order valence-electron chi connectivity index (χ1n) is 9.84. The summed E-state index contributed by atoms with van der Waals surface area (Å²) in [6.07, 6.45) is 0. The van der Waals surface area contributed by atoms with Crippen molar-refractivity contribution in [2.45, 2.75) is 0 Å². The number of hydrogen-bond donors (Lipinski definition) is 2. The highest BCUT2D eigenvalue weighted by atomic mass is 16.6. The molecule has 12 heteroatoms. The number of fused-ring (bicyclic) bond motifs is 1. The van der Waals surface area contributed by atoms with Crippen LogP contribution < -0.4 is 20.1 Å². The van der Waals surface area contributed by atoms with E-state index in [0.717, 1.165) is 0 Å². The molecular formula is C22H18N6O6. The van der Waals surface area contributed by atoms with Crippen LogP contribution >= 0.6 is 0 Å². The highest BCUT2D eigenvalue weighted by molar-refractivity contribution is 5.94. The van der Waals surface area contributed by atoms with Crippen molar-refractivity contribution >= 4 is 45.4 Å². The Hall–Kier alpha value is -5.00. The van der Waals surface area contributed by atoms with Crippen LogP contribution in [0.3, 0.4) is 0 Å². The van der Waals surface area contributed by atoms with Crippen LogP contribution in [0.4, 0.5) is 34.5 Å². The molecule has 4 rings (SSSR count). The topological polar surface area (TPSA) is 155 Å². The molecule has 1 aromatic heterocycles. The first-order chi connectivity index (χ1) is 16.4. The van der Waals surface area contributed by atoms with Gasteiger partial charge in [-0.1, -0.05) is 12.1 Å². The molecule has 4 aromatic rings. The van der Waals surface area contributed by atoms with Crippen molar-refractivity contribution in [1.82, 2.24) is 9.97 Å². The zero-order valence-corrected chi connectivity index (χ0v) is 18.0. The summed E-state index contributed by atoms with van der Waals surface area (Å²) in [6.45, 7) is 0. The van der Waals surface area contributed by atoms with Crippen LogP contribution in [0.25, 0.3) is 10.9 Å². The molecule has 34 heavy (non-hydrogen) atoms. The summed E-state index contributed by atoms with van der Waals surface area (Å²) in [7, 11) is 2.99. The Bertz CT molecular complexity index is 1410. The number of anilines is 4. The summed E-state index contributed by atoms with van der Waals surface area (Å²) in [5.74, 6) is 1.36. The van der Waals surface area contributed by atoms with E-state index in [1.54, 1.807) is 30.3 Å². The van der Waals surface area contributed by atoms with E-state index < -0.39 is 9.85 Å². The molecule has 0 fully saturated rings. The molecule has 3 aromatic carbocycles. The van der Waals surface area contributed by atoms with Gasteiger partial charge < -0.3 is 20.1 Å². The Labute approximate surface area is 192 Å². The third-order valence-corrected chi connectivity index (χ3v) is 4.83. The number of aromatic nitrogens is 2. The van der Waals surface area contributed by atoms with Crippen LogP contribution in [0.15, 0.2) is 60.7 Å². The lowest BCUT2D eigenvalue weighted by Crippen LogP contribution is -2.03. The molecule has 0 radical (unpaired) electrons. The summed E-state index contributed by atoms with van der Waals surface area (Å²) in [6, 6.07) is 15.2. The molecule has 0 bridgehead atoms. The molecule has 1 heterocycles. The SMILES string of the molecule is COc1cc2nc(Nc3cccc([N+](=O)[O-])c3)nc(Nc3cccc([N+](=O)[O-])c3)c2cc1OC. The van der Waals surface area contributed by atoms with E-state index in [4.69, 9.17) is 9.47 Å². The van der Waals surface area contributed by atoms with Crippen molar-refractivity contribution in [3.05, 3.63) is 80.9 Å². The maximum absolute atomic E-state index is 11.2. The minimum Gasteiger partial charge on any atom is -0.493 e. The molecule has 0 saturated heterocycles. The summed E-state index contributed by atoms with van der Waals surface area (Å²) in [5.41, 5.74) is 1.15. The number of rotatable bonds is 8. The number of nitro groups is 2. The fourth-order valence-electron chi connectivity index (χ4n) is 3.27. The maximum atomic E-state index is 11.2. The van der Waals surface area contributed by atoms with Gasteiger partial charge in [-0.2, -0.15) is 4.98 Å². The fourth-order valence-corrected chi connectivity index (χ4v) is 3.27. The predicted octanol–water partition coefficient (Wildman–Crippen LogP) is 4.95. The molecule has 0 unspecified atom stereocenters. The molecule has 0 amide bonds. The number of methoxy groups -OCH3 is 2. The Balaban J connectivity index is 1.82. The third-order valence-electron chi connectivity index (χ3n) is 4.83. The molecule has 0 saturated carbocycles. The molecule has 172 valence electrons. The summed E-state index contributed by atoms with van der Waals surface area (Å²) in [5, 5.41) is 28.9. The second-order valence-electron chi connectivity index (χ2n) is 6.99. The minimum absolute atomic E-state index is 0.0856. The second kappa shape index (κ2) is 9.24. The smallest absolute Gasteiger partial charge is 0.271 e. The quantitative estimate of drug-likeness (QED) is 0.271. The first-order valence-corrected chi connectivity index (χ1v) is 9.84. The molecule has 0 aliphatic carbocycles. The van der Waals surface area contributed by atoms with Crippen LogP contribution in [-0.4, -0.2) is 34.0 Å². The van der Waals surface area contributed by atoms with Crippen molar-refractivity contribution in [2.75, 3.05) is 24.9 Å². The van der Waals surface area contributed by atoms with Crippen LogP contribution in [0, 0.1) is 20.2 Å². The van der Waals surface area contributed by atoms with Gasteiger partial charge in [0.15, 0.2) is 11.5 Å². The molecule has 0 spiro atoms. The van der Waals surface area contributed by atoms with E-state index in [9.17, 15) is 20.2 Å². The van der Waals surface area contributed by atoms with E-state index in [2.05, 4.69) is 20.6 Å². The molecule has 0 aliphatic heterocycles. The summed E-state index contributed by atoms with van der Waals surface area (Å²) < 4.78 is 10.8. The van der Waals surface area contributed by atoms with Gasteiger partial charge in [-0.25, -0.2) is 4.98 Å². The second-order valence-corrected chi connectivity index (χ2v) is 6.99. The largest absolute Gasteiger partial charge is 0.493 e. The summed E-state index contributed by atoms with van der Waals surface area (Å²) >= 11 is 0. The highest BCUT2D eigenvalue weighted by Gasteiger charge is 2.15. The Morgan fingerprint density at radius 1 is 0.765 bits per heavy atom. The minimum atomic E-state index is -0.501. The normalized spacial score (nSPS) is 10.5. The lowest BCUT2D eigenvalue weighted by Gasteiger charge is -2.14. The Morgan fingerprint density at radius 2 is 1.32 bits per heavy atom. The molecule has 2 N–H and O–H groups in total. The van der Waals surface area contributed by atoms with Crippen molar-refractivity contribution in [3.8, 4) is 11.5 Å². The number of nitrogens with one attached hydrogen (secondary N) is 2. The number of hydrogen-bond acceptors (Lipinski definition) is 10. The van der Waals surface area contributed by atoms with Gasteiger partial charge >= 0.3 is 0 Å². The van der Waals surface area contributed by atoms with Crippen LogP contribution in [0.1, 0.15) is 0 Å². The standard InChI is InChI=1S/C22H18N6O6/c1-33-19-11-17-18(12-20(19)34-2)25-22(24-14-6-4-8-16(10-14)28(31)32)26-21(17)23-13-5-3-7-15(9-13)27(29)30/h3-12H,1-2H3,(H2,23,24,25,26). The third kappa shape index (κ3) is 4.60. The zero-order valence-electron chi connectivity index (χ0n) is 18.0. The van der Waals surface area contributed by atoms with E-state index >= 15 is 0 Å². The average Bonchev–Trinajstić information content (AvgIpc) is 2.83. The van der Waals surface area contributed by atoms with E-state index in [1.165, 1.54) is 44.6 Å². The molecular weight excluding hydrogens is 444 g/mol. The summed E-state index contributed by atoms with van der Waals surface area (Å²) in [4.78, 5) is 30.3. The maximum Gasteiger partial charge on any atom is 0.271 e. The van der Waals surface area contributed by atoms with Crippen molar-refractivity contribution in [1.29, 1.82) is 0 Å². The number of non-ortho nitro benzene ring substituents is 2. The van der Waals surface area contributed by atoms with Gasteiger partial charge in [0.2, 0.25) is 5.95 Å². The van der Waals surface area contributed by atoms with Gasteiger partial charge in [-0.15, -0.1) is 0 Å². The highest BCUT2D eigenvalue weighted by Crippen LogP contribution is 2.36. The van der Waals surface area contributed by atoms with Crippen molar-refractivity contribution in [3.63, 3.8) is 0 Å². The number of nitro benzene ring substituents is 2. The lowest BCUT2D eigenvalue weighted by atomic mass is 10.2. The fraction of sp³-hybridized carbons (Fsp3) is 0.0909. The van der Waals surface area contributed by atoms with Gasteiger partial charge in [0.1, 0.15) is 5.82 Å². The van der Waals surface area contributed by atoms with Gasteiger partial charge in [0.05, 0.1) is 29.6 Å². The van der Waals surface area contributed by atoms with Gasteiger partial charge in [-0.3, -0.25) is 20.2 Å². The number of ether oxygens (including phenoxy) is 2. The van der Waals surface area contributed by atoms with E-state index in [-0.39, 0.29) is 17.3 Å². The van der Waals surface area contributed by atoms with Gasteiger partial charge in [0, 0.05) is 47.1 Å². The monoisotopic (exact) mass is 462 g/mol. The lowest BCUT2D eigenvalue weighted by molar-refractivity contribution is -0.385. The van der Waals surface area contributed by atoms with E-state index in [1.807, 2.05) is 0 Å². The number of nitrogens with zero attached hydrogens (tertiary/aromatic N) is 4. The van der Waals surface area contributed by atoms with Crippen molar-refractivity contribution < 1.29 is 19.3 Å². The molecule has 0 aliphatic rings. The van der Waals surface area contributed by atoms with E-state index in [0.29, 0.717) is 39.6 Å². The van der Waals surface area contributed by atoms with Crippen LogP contribution in [-0.2, 0) is 0 Å². The van der Waals surface area contributed by atoms with Crippen LogP contribution in [0.5, 0.6) is 11.5 Å².